The molecule has 126 valence electrons. The molecule has 5 heteroatoms. The van der Waals surface area contributed by atoms with Crippen LogP contribution in [0.1, 0.15) is 50.4 Å². The van der Waals surface area contributed by atoms with Crippen LogP contribution in [0.25, 0.3) is 0 Å². The lowest BCUT2D eigenvalue weighted by molar-refractivity contribution is -0.0159. The van der Waals surface area contributed by atoms with Crippen LogP contribution in [0.4, 0.5) is 4.79 Å². The van der Waals surface area contributed by atoms with Crippen LogP contribution < -0.4 is 10.6 Å². The number of piperidine rings is 1. The summed E-state index contributed by atoms with van der Waals surface area (Å²) in [7, 11) is 0. The fraction of sp³-hybridized carbons (Fsp3) is 0.556. The molecule has 0 unspecified atom stereocenters. The van der Waals surface area contributed by atoms with Gasteiger partial charge in [-0.2, -0.15) is 0 Å². The lowest BCUT2D eigenvalue weighted by Crippen LogP contribution is -2.50. The lowest BCUT2D eigenvalue weighted by atomic mass is 9.85. The van der Waals surface area contributed by atoms with Crippen molar-refractivity contribution in [1.82, 2.24) is 10.6 Å². The number of hydrogen-bond acceptors (Lipinski definition) is 4. The summed E-state index contributed by atoms with van der Waals surface area (Å²) in [6.07, 6.45) is 1.04. The van der Waals surface area contributed by atoms with Crippen LogP contribution >= 0.6 is 0 Å². The van der Waals surface area contributed by atoms with Crippen LogP contribution in [0.15, 0.2) is 30.3 Å². The first-order valence-corrected chi connectivity index (χ1v) is 8.10. The molecule has 0 aromatic heterocycles. The van der Waals surface area contributed by atoms with Crippen molar-refractivity contribution in [1.29, 1.82) is 0 Å². The molecule has 1 aromatic rings. The highest BCUT2D eigenvalue weighted by Crippen LogP contribution is 2.29. The molecule has 1 heterocycles. The molecule has 2 N–H and O–H groups in total. The molecule has 2 rings (SSSR count). The molecule has 1 aliphatic heterocycles. The molecular weight excluding hydrogens is 292 g/mol. The number of ether oxygens (including phenoxy) is 1. The zero-order valence-electron chi connectivity index (χ0n) is 14.1. The Morgan fingerprint density at radius 2 is 1.78 bits per heavy atom. The lowest BCUT2D eigenvalue weighted by Gasteiger charge is -2.37. The van der Waals surface area contributed by atoms with E-state index in [1.54, 1.807) is 12.1 Å². The standard InChI is InChI=1S/C18H26N2O3/c1-17(2,3)20-16(22)23-18(9-11-19-12-10-18)13-15(21)14-7-5-4-6-8-14/h4-8,19H,9-13H2,1-3H3,(H,20,22). The van der Waals surface area contributed by atoms with Crippen molar-refractivity contribution in [3.8, 4) is 0 Å². The van der Waals surface area contributed by atoms with Crippen LogP contribution in [-0.4, -0.2) is 36.1 Å². The van der Waals surface area contributed by atoms with Gasteiger partial charge in [0, 0.05) is 23.9 Å². The van der Waals surface area contributed by atoms with E-state index in [1.807, 2.05) is 39.0 Å². The molecule has 1 aliphatic rings. The minimum absolute atomic E-state index is 0.0102. The molecule has 23 heavy (non-hydrogen) atoms. The number of rotatable bonds is 4. The Hall–Kier alpha value is -1.88. The Labute approximate surface area is 137 Å². The van der Waals surface area contributed by atoms with Crippen LogP contribution in [0.5, 0.6) is 0 Å². The Balaban J connectivity index is 2.09. The molecule has 0 spiro atoms. The summed E-state index contributed by atoms with van der Waals surface area (Å²) in [5.41, 5.74) is -0.437. The summed E-state index contributed by atoms with van der Waals surface area (Å²) in [4.78, 5) is 24.7. The first-order chi connectivity index (χ1) is 10.8. The van der Waals surface area contributed by atoms with E-state index in [0.717, 1.165) is 13.1 Å². The first-order valence-electron chi connectivity index (χ1n) is 8.10. The number of carbonyl (C=O) groups excluding carboxylic acids is 2. The summed E-state index contributed by atoms with van der Waals surface area (Å²) in [6, 6.07) is 9.16. The highest BCUT2D eigenvalue weighted by Gasteiger charge is 2.39. The van der Waals surface area contributed by atoms with Crippen molar-refractivity contribution in [2.24, 2.45) is 0 Å². The average molecular weight is 318 g/mol. The Morgan fingerprint density at radius 1 is 1.17 bits per heavy atom. The first kappa shape index (κ1) is 17.5. The maximum Gasteiger partial charge on any atom is 0.408 e. The third-order valence-electron chi connectivity index (χ3n) is 3.88. The van der Waals surface area contributed by atoms with E-state index in [2.05, 4.69) is 10.6 Å². The number of Topliss-reactive ketones (excluding diaryl/α,β-unsaturated/α-hetero) is 1. The molecular formula is C18H26N2O3. The molecule has 0 saturated carbocycles. The topological polar surface area (TPSA) is 67.4 Å². The number of nitrogens with one attached hydrogen (secondary N) is 2. The second-order valence-electron chi connectivity index (χ2n) is 7.16. The predicted octanol–water partition coefficient (Wildman–Crippen LogP) is 2.91. The highest BCUT2D eigenvalue weighted by molar-refractivity contribution is 5.96. The molecule has 0 bridgehead atoms. The second-order valence-corrected chi connectivity index (χ2v) is 7.16. The maximum atomic E-state index is 12.6. The molecule has 1 fully saturated rings. The molecule has 0 aliphatic carbocycles. The summed E-state index contributed by atoms with van der Waals surface area (Å²) < 4.78 is 5.74. The van der Waals surface area contributed by atoms with Gasteiger partial charge in [-0.1, -0.05) is 30.3 Å². The molecule has 0 radical (unpaired) electrons. The van der Waals surface area contributed by atoms with E-state index in [9.17, 15) is 9.59 Å². The van der Waals surface area contributed by atoms with Crippen LogP contribution in [-0.2, 0) is 4.74 Å². The van der Waals surface area contributed by atoms with Crippen molar-refractivity contribution in [2.45, 2.75) is 51.2 Å². The SMILES string of the molecule is CC(C)(C)NC(=O)OC1(CC(=O)c2ccccc2)CCNCC1. The van der Waals surface area contributed by atoms with Gasteiger partial charge in [0.25, 0.3) is 0 Å². The van der Waals surface area contributed by atoms with E-state index in [4.69, 9.17) is 4.74 Å². The fourth-order valence-corrected chi connectivity index (χ4v) is 2.74. The van der Waals surface area contributed by atoms with E-state index >= 15 is 0 Å². The molecule has 1 amide bonds. The summed E-state index contributed by atoms with van der Waals surface area (Å²) in [5, 5.41) is 6.06. The van der Waals surface area contributed by atoms with Crippen molar-refractivity contribution in [2.75, 3.05) is 13.1 Å². The van der Waals surface area contributed by atoms with Gasteiger partial charge in [0.05, 0.1) is 6.42 Å². The quantitative estimate of drug-likeness (QED) is 0.838. The third kappa shape index (κ3) is 5.36. The monoisotopic (exact) mass is 318 g/mol. The number of benzene rings is 1. The zero-order valence-corrected chi connectivity index (χ0v) is 14.1. The van der Waals surface area contributed by atoms with E-state index in [-0.39, 0.29) is 17.7 Å². The maximum absolute atomic E-state index is 12.6. The summed E-state index contributed by atoms with van der Waals surface area (Å²) >= 11 is 0. The minimum Gasteiger partial charge on any atom is -0.442 e. The second kappa shape index (κ2) is 7.13. The Kier molecular flexibility index (Phi) is 5.42. The van der Waals surface area contributed by atoms with Crippen molar-refractivity contribution in [3.05, 3.63) is 35.9 Å². The minimum atomic E-state index is -0.729. The van der Waals surface area contributed by atoms with Gasteiger partial charge in [-0.25, -0.2) is 4.79 Å². The van der Waals surface area contributed by atoms with Crippen molar-refractivity contribution in [3.63, 3.8) is 0 Å². The fourth-order valence-electron chi connectivity index (χ4n) is 2.74. The number of carbonyl (C=O) groups is 2. The van der Waals surface area contributed by atoms with Crippen LogP contribution in [0.3, 0.4) is 0 Å². The zero-order chi connectivity index (χ0) is 16.9. The summed E-state index contributed by atoms with van der Waals surface area (Å²) in [6.45, 7) is 7.19. The average Bonchev–Trinajstić information content (AvgIpc) is 2.46. The molecule has 1 aromatic carbocycles. The van der Waals surface area contributed by atoms with Crippen LogP contribution in [0, 0.1) is 0 Å². The molecule has 1 saturated heterocycles. The number of hydrogen-bond donors (Lipinski definition) is 2. The number of amides is 1. The van der Waals surface area contributed by atoms with Crippen LogP contribution in [0.2, 0.25) is 0 Å². The van der Waals surface area contributed by atoms with E-state index in [0.29, 0.717) is 18.4 Å². The third-order valence-corrected chi connectivity index (χ3v) is 3.88. The smallest absolute Gasteiger partial charge is 0.408 e. The van der Waals surface area contributed by atoms with Gasteiger partial charge in [-0.05, 0) is 33.9 Å². The van der Waals surface area contributed by atoms with Gasteiger partial charge in [-0.3, -0.25) is 4.79 Å². The Morgan fingerprint density at radius 3 is 2.35 bits per heavy atom. The van der Waals surface area contributed by atoms with Gasteiger partial charge in [0.1, 0.15) is 5.60 Å². The number of ketones is 1. The van der Waals surface area contributed by atoms with Crippen molar-refractivity contribution < 1.29 is 14.3 Å². The van der Waals surface area contributed by atoms with Crippen molar-refractivity contribution >= 4 is 11.9 Å². The van der Waals surface area contributed by atoms with Gasteiger partial charge >= 0.3 is 6.09 Å². The van der Waals surface area contributed by atoms with Gasteiger partial charge in [0.2, 0.25) is 0 Å². The normalized spacial score (nSPS) is 17.3. The predicted molar refractivity (Wildman–Crippen MR) is 89.6 cm³/mol. The Bertz CT molecular complexity index is 543. The van der Waals surface area contributed by atoms with Gasteiger partial charge in [0.15, 0.2) is 5.78 Å². The van der Waals surface area contributed by atoms with Gasteiger partial charge in [-0.15, -0.1) is 0 Å². The molecule has 5 nitrogen and oxygen atoms in total. The van der Waals surface area contributed by atoms with E-state index in [1.165, 1.54) is 0 Å². The van der Waals surface area contributed by atoms with E-state index < -0.39 is 11.7 Å². The highest BCUT2D eigenvalue weighted by atomic mass is 16.6. The number of alkyl carbamates (subject to hydrolysis) is 1. The summed E-state index contributed by atoms with van der Waals surface area (Å²) in [5.74, 6) is 0.0102. The largest absolute Gasteiger partial charge is 0.442 e. The van der Waals surface area contributed by atoms with Gasteiger partial charge < -0.3 is 15.4 Å². The molecule has 0 atom stereocenters.